The largest absolute Gasteiger partial charge is 0.375 e. The molecule has 0 saturated carbocycles. The average Bonchev–Trinajstić information content (AvgIpc) is 2.53. The fourth-order valence-corrected chi connectivity index (χ4v) is 2.88. The molecule has 1 N–H and O–H groups in total. The number of hydrogen-bond donors (Lipinski definition) is 1. The molecule has 2 heterocycles. The summed E-state index contributed by atoms with van der Waals surface area (Å²) in [5, 5.41) is 12.6. The second-order valence-electron chi connectivity index (χ2n) is 5.43. The first-order valence-corrected chi connectivity index (χ1v) is 7.44. The lowest BCUT2D eigenvalue weighted by molar-refractivity contribution is -0.0932. The molecule has 0 aliphatic carbocycles. The highest BCUT2D eigenvalue weighted by Crippen LogP contribution is 2.31. The fourth-order valence-electron chi connectivity index (χ4n) is 2.88. The number of nitriles is 1. The van der Waals surface area contributed by atoms with Crippen molar-refractivity contribution >= 4 is 0 Å². The Morgan fingerprint density at radius 2 is 2.30 bits per heavy atom. The Morgan fingerprint density at radius 1 is 1.50 bits per heavy atom. The summed E-state index contributed by atoms with van der Waals surface area (Å²) in [6, 6.07) is 6.44. The smallest absolute Gasteiger partial charge is 0.144 e. The minimum Gasteiger partial charge on any atom is -0.375 e. The maximum absolute atomic E-state index is 9.05. The second-order valence-corrected chi connectivity index (χ2v) is 5.43. The van der Waals surface area contributed by atoms with Gasteiger partial charge in [0.1, 0.15) is 11.8 Å². The molecule has 1 unspecified atom stereocenters. The molecule has 1 atom stereocenters. The molecule has 1 aliphatic heterocycles. The van der Waals surface area contributed by atoms with Crippen LogP contribution in [0, 0.1) is 11.3 Å². The first kappa shape index (κ1) is 15.0. The van der Waals surface area contributed by atoms with Crippen LogP contribution in [0.15, 0.2) is 18.3 Å². The van der Waals surface area contributed by atoms with Crippen molar-refractivity contribution in [1.82, 2.24) is 10.3 Å². The number of ether oxygens (including phenoxy) is 1. The Kier molecular flexibility index (Phi) is 5.11. The molecule has 4 nitrogen and oxygen atoms in total. The zero-order valence-electron chi connectivity index (χ0n) is 12.4. The lowest BCUT2D eigenvalue weighted by atomic mass is 9.86. The van der Waals surface area contributed by atoms with Gasteiger partial charge in [-0.3, -0.25) is 0 Å². The van der Waals surface area contributed by atoms with E-state index in [2.05, 4.69) is 30.2 Å². The van der Waals surface area contributed by atoms with E-state index in [1.165, 1.54) is 0 Å². The predicted molar refractivity (Wildman–Crippen MR) is 78.1 cm³/mol. The molecule has 0 amide bonds. The Bertz CT molecular complexity index is 477. The number of rotatable bonds is 5. The summed E-state index contributed by atoms with van der Waals surface area (Å²) in [7, 11) is 0. The number of aromatic nitrogens is 1. The number of nitrogens with zero attached hydrogens (tertiary/aromatic N) is 2. The highest BCUT2D eigenvalue weighted by atomic mass is 16.5. The van der Waals surface area contributed by atoms with Crippen molar-refractivity contribution < 1.29 is 4.74 Å². The van der Waals surface area contributed by atoms with Crippen molar-refractivity contribution in [3.05, 3.63) is 29.6 Å². The van der Waals surface area contributed by atoms with Gasteiger partial charge >= 0.3 is 0 Å². The Labute approximate surface area is 121 Å². The SMILES string of the molecule is CCC1(CC)CC(NCc2cccnc2C#N)CCO1. The topological polar surface area (TPSA) is 57.9 Å². The van der Waals surface area contributed by atoms with Gasteiger partial charge < -0.3 is 10.1 Å². The zero-order valence-corrected chi connectivity index (χ0v) is 12.4. The quantitative estimate of drug-likeness (QED) is 0.896. The van der Waals surface area contributed by atoms with Gasteiger partial charge in [-0.15, -0.1) is 0 Å². The Balaban J connectivity index is 1.96. The third-order valence-electron chi connectivity index (χ3n) is 4.36. The Morgan fingerprint density at radius 3 is 3.00 bits per heavy atom. The molecule has 108 valence electrons. The van der Waals surface area contributed by atoms with Crippen LogP contribution in [-0.2, 0) is 11.3 Å². The van der Waals surface area contributed by atoms with Crippen LogP contribution >= 0.6 is 0 Å². The number of pyridine rings is 1. The molecule has 4 heteroatoms. The normalized spacial score (nSPS) is 21.4. The van der Waals surface area contributed by atoms with Crippen molar-refractivity contribution in [1.29, 1.82) is 5.26 Å². The van der Waals surface area contributed by atoms with E-state index in [-0.39, 0.29) is 5.60 Å². The van der Waals surface area contributed by atoms with Crippen molar-refractivity contribution in [2.75, 3.05) is 6.61 Å². The lowest BCUT2D eigenvalue weighted by Gasteiger charge is -2.40. The van der Waals surface area contributed by atoms with Crippen LogP contribution < -0.4 is 5.32 Å². The van der Waals surface area contributed by atoms with Crippen LogP contribution in [0.4, 0.5) is 0 Å². The van der Waals surface area contributed by atoms with Gasteiger partial charge in [0.25, 0.3) is 0 Å². The monoisotopic (exact) mass is 273 g/mol. The van der Waals surface area contributed by atoms with Crippen LogP contribution in [0.1, 0.15) is 50.8 Å². The van der Waals surface area contributed by atoms with Gasteiger partial charge in [0, 0.05) is 31.0 Å². The molecular weight excluding hydrogens is 250 g/mol. The maximum atomic E-state index is 9.05. The summed E-state index contributed by atoms with van der Waals surface area (Å²) < 4.78 is 5.99. The van der Waals surface area contributed by atoms with E-state index in [4.69, 9.17) is 10.00 Å². The number of hydrogen-bond acceptors (Lipinski definition) is 4. The molecule has 1 saturated heterocycles. The van der Waals surface area contributed by atoms with Gasteiger partial charge in [0.05, 0.1) is 5.60 Å². The van der Waals surface area contributed by atoms with E-state index in [1.807, 2.05) is 12.1 Å². The summed E-state index contributed by atoms with van der Waals surface area (Å²) in [4.78, 5) is 4.10. The lowest BCUT2D eigenvalue weighted by Crippen LogP contribution is -2.46. The summed E-state index contributed by atoms with van der Waals surface area (Å²) in [5.41, 5.74) is 1.52. The van der Waals surface area contributed by atoms with E-state index in [1.54, 1.807) is 6.20 Å². The van der Waals surface area contributed by atoms with Crippen LogP contribution in [-0.4, -0.2) is 23.2 Å². The standard InChI is InChI=1S/C16H23N3O/c1-3-16(4-2)10-14(7-9-20-16)19-12-13-6-5-8-18-15(13)11-17/h5-6,8,14,19H,3-4,7,9-10,12H2,1-2H3. The van der Waals surface area contributed by atoms with Crippen LogP contribution in [0.3, 0.4) is 0 Å². The average molecular weight is 273 g/mol. The third-order valence-corrected chi connectivity index (χ3v) is 4.36. The van der Waals surface area contributed by atoms with E-state index >= 15 is 0 Å². The van der Waals surface area contributed by atoms with Crippen molar-refractivity contribution in [3.63, 3.8) is 0 Å². The second kappa shape index (κ2) is 6.83. The van der Waals surface area contributed by atoms with Crippen LogP contribution in [0.2, 0.25) is 0 Å². The molecule has 0 spiro atoms. The van der Waals surface area contributed by atoms with E-state index < -0.39 is 0 Å². The van der Waals surface area contributed by atoms with Crippen molar-refractivity contribution in [3.8, 4) is 6.07 Å². The van der Waals surface area contributed by atoms with Gasteiger partial charge in [0.15, 0.2) is 0 Å². The van der Waals surface area contributed by atoms with Gasteiger partial charge in [0.2, 0.25) is 0 Å². The van der Waals surface area contributed by atoms with Crippen LogP contribution in [0.5, 0.6) is 0 Å². The molecule has 2 rings (SSSR count). The predicted octanol–water partition coefficient (Wildman–Crippen LogP) is 2.78. The molecule has 0 aromatic carbocycles. The molecular formula is C16H23N3O. The Hall–Kier alpha value is -1.44. The molecule has 20 heavy (non-hydrogen) atoms. The summed E-state index contributed by atoms with van der Waals surface area (Å²) in [6.45, 7) is 5.91. The highest BCUT2D eigenvalue weighted by molar-refractivity contribution is 5.30. The molecule has 1 fully saturated rings. The summed E-state index contributed by atoms with van der Waals surface area (Å²) >= 11 is 0. The summed E-state index contributed by atoms with van der Waals surface area (Å²) in [5.74, 6) is 0. The minimum atomic E-state index is 0.0307. The van der Waals surface area contributed by atoms with Gasteiger partial charge in [-0.05, 0) is 31.7 Å². The van der Waals surface area contributed by atoms with Gasteiger partial charge in [-0.25, -0.2) is 4.98 Å². The molecule has 1 aliphatic rings. The zero-order chi connectivity index (χ0) is 14.4. The minimum absolute atomic E-state index is 0.0307. The third kappa shape index (κ3) is 3.36. The molecule has 0 radical (unpaired) electrons. The maximum Gasteiger partial charge on any atom is 0.144 e. The van der Waals surface area contributed by atoms with Gasteiger partial charge in [-0.1, -0.05) is 19.9 Å². The first-order valence-electron chi connectivity index (χ1n) is 7.44. The first-order chi connectivity index (χ1) is 9.73. The van der Waals surface area contributed by atoms with E-state index in [9.17, 15) is 0 Å². The summed E-state index contributed by atoms with van der Waals surface area (Å²) in [6.07, 6.45) is 5.85. The van der Waals surface area contributed by atoms with E-state index in [0.29, 0.717) is 18.3 Å². The van der Waals surface area contributed by atoms with Crippen LogP contribution in [0.25, 0.3) is 0 Å². The molecule has 0 bridgehead atoms. The van der Waals surface area contributed by atoms with Gasteiger partial charge in [-0.2, -0.15) is 5.26 Å². The van der Waals surface area contributed by atoms with Crippen molar-refractivity contribution in [2.45, 2.75) is 57.7 Å². The van der Waals surface area contributed by atoms with E-state index in [0.717, 1.165) is 37.9 Å². The molecule has 1 aromatic heterocycles. The fraction of sp³-hybridized carbons (Fsp3) is 0.625. The van der Waals surface area contributed by atoms with Crippen molar-refractivity contribution in [2.24, 2.45) is 0 Å². The molecule has 1 aromatic rings. The highest BCUT2D eigenvalue weighted by Gasteiger charge is 2.34. The number of nitrogens with one attached hydrogen (secondary N) is 1.